The summed E-state index contributed by atoms with van der Waals surface area (Å²) in [5.41, 5.74) is -1.71. The molecule has 0 aromatic heterocycles. The maximum atomic E-state index is 11.3. The maximum Gasteiger partial charge on any atom is 0.336 e. The van der Waals surface area contributed by atoms with Gasteiger partial charge in [0.25, 0.3) is 5.69 Å². The van der Waals surface area contributed by atoms with Crippen molar-refractivity contribution in [2.75, 3.05) is 0 Å². The van der Waals surface area contributed by atoms with E-state index in [1.54, 1.807) is 0 Å². The van der Waals surface area contributed by atoms with Gasteiger partial charge < -0.3 is 15.3 Å². The van der Waals surface area contributed by atoms with Crippen molar-refractivity contribution >= 4 is 23.6 Å². The number of hydrogen-bond donors (Lipinski definition) is 3. The van der Waals surface area contributed by atoms with Crippen molar-refractivity contribution in [3.63, 3.8) is 0 Å². The molecule has 2 aromatic rings. The molecule has 0 fully saturated rings. The Morgan fingerprint density at radius 2 is 1.38 bits per heavy atom. The van der Waals surface area contributed by atoms with E-state index in [-0.39, 0.29) is 27.8 Å². The predicted octanol–water partition coefficient (Wildman–Crippen LogP) is 2.36. The molecular formula is C15H9NO8. The summed E-state index contributed by atoms with van der Waals surface area (Å²) in [6.45, 7) is 0. The van der Waals surface area contributed by atoms with Crippen LogP contribution in [0.4, 0.5) is 5.69 Å². The SMILES string of the molecule is O=C(O)c1cc(C(=O)O)cc(-c2cc([N+](=O)[O-])ccc2C(=O)O)c1. The molecule has 24 heavy (non-hydrogen) atoms. The summed E-state index contributed by atoms with van der Waals surface area (Å²) >= 11 is 0. The van der Waals surface area contributed by atoms with Crippen molar-refractivity contribution in [3.05, 3.63) is 63.2 Å². The average Bonchev–Trinajstić information content (AvgIpc) is 2.53. The first-order valence-electron chi connectivity index (χ1n) is 6.34. The zero-order valence-corrected chi connectivity index (χ0v) is 11.8. The second-order valence-electron chi connectivity index (χ2n) is 4.70. The van der Waals surface area contributed by atoms with Crippen molar-refractivity contribution in [1.29, 1.82) is 0 Å². The Morgan fingerprint density at radius 3 is 1.79 bits per heavy atom. The molecule has 0 spiro atoms. The molecule has 0 radical (unpaired) electrons. The molecule has 0 aliphatic heterocycles. The van der Waals surface area contributed by atoms with E-state index in [9.17, 15) is 29.6 Å². The number of carboxylic acids is 3. The van der Waals surface area contributed by atoms with Gasteiger partial charge in [0.2, 0.25) is 0 Å². The zero-order chi connectivity index (χ0) is 18.0. The molecule has 0 aliphatic carbocycles. The summed E-state index contributed by atoms with van der Waals surface area (Å²) in [6.07, 6.45) is 0. The van der Waals surface area contributed by atoms with Gasteiger partial charge in [-0.1, -0.05) is 0 Å². The minimum absolute atomic E-state index is 0.0617. The highest BCUT2D eigenvalue weighted by Gasteiger charge is 2.19. The number of carboxylic acid groups (broad SMARTS) is 3. The van der Waals surface area contributed by atoms with E-state index in [2.05, 4.69) is 0 Å². The summed E-state index contributed by atoms with van der Waals surface area (Å²) in [5, 5.41) is 38.2. The molecule has 0 atom stereocenters. The van der Waals surface area contributed by atoms with E-state index in [4.69, 9.17) is 10.2 Å². The van der Waals surface area contributed by atoms with Gasteiger partial charge in [-0.3, -0.25) is 10.1 Å². The highest BCUT2D eigenvalue weighted by Crippen LogP contribution is 2.30. The fraction of sp³-hybridized carbons (Fsp3) is 0. The van der Waals surface area contributed by atoms with Crippen LogP contribution >= 0.6 is 0 Å². The van der Waals surface area contributed by atoms with Gasteiger partial charge in [0.1, 0.15) is 0 Å². The lowest BCUT2D eigenvalue weighted by Crippen LogP contribution is -2.05. The molecule has 122 valence electrons. The lowest BCUT2D eigenvalue weighted by atomic mass is 9.95. The maximum absolute atomic E-state index is 11.3. The van der Waals surface area contributed by atoms with Gasteiger partial charge in [0, 0.05) is 17.7 Å². The number of non-ortho nitro benzene ring substituents is 1. The minimum Gasteiger partial charge on any atom is -0.478 e. The lowest BCUT2D eigenvalue weighted by Gasteiger charge is -2.09. The number of rotatable bonds is 5. The number of hydrogen-bond acceptors (Lipinski definition) is 5. The Balaban J connectivity index is 2.80. The number of nitro benzene ring substituents is 1. The fourth-order valence-electron chi connectivity index (χ4n) is 2.10. The third kappa shape index (κ3) is 3.19. The molecule has 9 nitrogen and oxygen atoms in total. The zero-order valence-electron chi connectivity index (χ0n) is 11.8. The molecule has 2 aromatic carbocycles. The molecule has 0 saturated carbocycles. The van der Waals surface area contributed by atoms with Crippen LogP contribution in [0.5, 0.6) is 0 Å². The molecule has 9 heteroatoms. The molecule has 0 unspecified atom stereocenters. The number of nitro groups is 1. The number of carbonyl (C=O) groups is 3. The summed E-state index contributed by atoms with van der Waals surface area (Å²) in [4.78, 5) is 43.7. The lowest BCUT2D eigenvalue weighted by molar-refractivity contribution is -0.384. The largest absolute Gasteiger partial charge is 0.478 e. The van der Waals surface area contributed by atoms with Crippen LogP contribution in [-0.2, 0) is 0 Å². The van der Waals surface area contributed by atoms with Crippen LogP contribution in [0.2, 0.25) is 0 Å². The van der Waals surface area contributed by atoms with Gasteiger partial charge in [0.05, 0.1) is 21.6 Å². The second-order valence-corrected chi connectivity index (χ2v) is 4.70. The van der Waals surface area contributed by atoms with E-state index >= 15 is 0 Å². The van der Waals surface area contributed by atoms with Crippen molar-refractivity contribution in [2.24, 2.45) is 0 Å². The van der Waals surface area contributed by atoms with Gasteiger partial charge in [-0.2, -0.15) is 0 Å². The van der Waals surface area contributed by atoms with Crippen molar-refractivity contribution < 1.29 is 34.6 Å². The monoisotopic (exact) mass is 331 g/mol. The molecule has 0 bridgehead atoms. The Bertz CT molecular complexity index is 855. The Labute approximate surface area is 133 Å². The molecule has 0 aliphatic rings. The molecule has 0 saturated heterocycles. The van der Waals surface area contributed by atoms with Crippen LogP contribution < -0.4 is 0 Å². The predicted molar refractivity (Wildman–Crippen MR) is 79.4 cm³/mol. The molecule has 0 amide bonds. The third-order valence-corrected chi connectivity index (χ3v) is 3.18. The first-order chi connectivity index (χ1) is 11.2. The Kier molecular flexibility index (Phi) is 4.27. The Morgan fingerprint density at radius 1 is 0.833 bits per heavy atom. The highest BCUT2D eigenvalue weighted by molar-refractivity contribution is 6.00. The number of aromatic carboxylic acids is 3. The minimum atomic E-state index is -1.42. The first kappa shape index (κ1) is 16.6. The van der Waals surface area contributed by atoms with Crippen molar-refractivity contribution in [3.8, 4) is 11.1 Å². The molecule has 0 heterocycles. The summed E-state index contributed by atoms with van der Waals surface area (Å²) in [7, 11) is 0. The molecular weight excluding hydrogens is 322 g/mol. The smallest absolute Gasteiger partial charge is 0.336 e. The van der Waals surface area contributed by atoms with E-state index in [0.717, 1.165) is 36.4 Å². The van der Waals surface area contributed by atoms with Gasteiger partial charge in [0.15, 0.2) is 0 Å². The van der Waals surface area contributed by atoms with Crippen molar-refractivity contribution in [2.45, 2.75) is 0 Å². The number of nitrogens with zero attached hydrogens (tertiary/aromatic N) is 1. The van der Waals surface area contributed by atoms with Gasteiger partial charge >= 0.3 is 17.9 Å². The summed E-state index contributed by atoms with van der Waals surface area (Å²) in [5.74, 6) is -4.22. The van der Waals surface area contributed by atoms with E-state index < -0.39 is 28.5 Å². The summed E-state index contributed by atoms with van der Waals surface area (Å²) in [6, 6.07) is 5.97. The highest BCUT2D eigenvalue weighted by atomic mass is 16.6. The van der Waals surface area contributed by atoms with Gasteiger partial charge in [-0.15, -0.1) is 0 Å². The van der Waals surface area contributed by atoms with Crippen LogP contribution in [0, 0.1) is 10.1 Å². The van der Waals surface area contributed by atoms with Crippen molar-refractivity contribution in [1.82, 2.24) is 0 Å². The van der Waals surface area contributed by atoms with Crippen LogP contribution in [0.25, 0.3) is 11.1 Å². The van der Waals surface area contributed by atoms with Crippen LogP contribution in [0.3, 0.4) is 0 Å². The third-order valence-electron chi connectivity index (χ3n) is 3.18. The molecule has 3 N–H and O–H groups in total. The summed E-state index contributed by atoms with van der Waals surface area (Å²) < 4.78 is 0. The number of benzene rings is 2. The molecule has 2 rings (SSSR count). The second kappa shape index (κ2) is 6.16. The fourth-order valence-corrected chi connectivity index (χ4v) is 2.10. The van der Waals surface area contributed by atoms with E-state index in [1.807, 2.05) is 0 Å². The average molecular weight is 331 g/mol. The van der Waals surface area contributed by atoms with Crippen LogP contribution in [-0.4, -0.2) is 38.2 Å². The van der Waals surface area contributed by atoms with Crippen LogP contribution in [0.1, 0.15) is 31.1 Å². The van der Waals surface area contributed by atoms with Gasteiger partial charge in [-0.25, -0.2) is 14.4 Å². The van der Waals surface area contributed by atoms with Gasteiger partial charge in [-0.05, 0) is 29.8 Å². The standard InChI is InChI=1S/C15H9NO8/c17-13(18)8-3-7(4-9(5-8)14(19)20)12-6-10(16(23)24)1-2-11(12)15(21)22/h1-6H,(H,17,18)(H,19,20)(H,21,22). The van der Waals surface area contributed by atoms with Crippen LogP contribution in [0.15, 0.2) is 36.4 Å². The topological polar surface area (TPSA) is 155 Å². The van der Waals surface area contributed by atoms with E-state index in [0.29, 0.717) is 0 Å². The normalized spacial score (nSPS) is 10.2. The Hall–Kier alpha value is -3.75. The first-order valence-corrected chi connectivity index (χ1v) is 6.34. The quantitative estimate of drug-likeness (QED) is 0.557. The van der Waals surface area contributed by atoms with E-state index in [1.165, 1.54) is 0 Å².